The first-order chi connectivity index (χ1) is 9.60. The Hall–Kier alpha value is -1.45. The summed E-state index contributed by atoms with van der Waals surface area (Å²) in [4.78, 5) is 12.5. The Labute approximate surface area is 120 Å². The van der Waals surface area contributed by atoms with Gasteiger partial charge in [-0.1, -0.05) is 0 Å². The highest BCUT2D eigenvalue weighted by Gasteiger charge is 2.36. The molecule has 9 heteroatoms. The molecule has 1 saturated heterocycles. The van der Waals surface area contributed by atoms with Crippen molar-refractivity contribution in [3.05, 3.63) is 29.3 Å². The minimum atomic E-state index is -4.62. The summed E-state index contributed by atoms with van der Waals surface area (Å²) in [5.41, 5.74) is 3.76. The van der Waals surface area contributed by atoms with E-state index in [4.69, 9.17) is 5.73 Å². The SMILES string of the molecule is NC(=O)c1ccc(N2CCS(O)(O)CC2)c(C(F)(F)F)c1. The van der Waals surface area contributed by atoms with E-state index in [-0.39, 0.29) is 35.8 Å². The fourth-order valence-corrected chi connectivity index (χ4v) is 3.39. The van der Waals surface area contributed by atoms with Crippen molar-refractivity contribution >= 4 is 22.2 Å². The van der Waals surface area contributed by atoms with E-state index < -0.39 is 28.2 Å². The summed E-state index contributed by atoms with van der Waals surface area (Å²) in [5.74, 6) is -0.871. The van der Waals surface area contributed by atoms with Gasteiger partial charge in [-0.2, -0.15) is 23.8 Å². The van der Waals surface area contributed by atoms with Gasteiger partial charge in [-0.15, -0.1) is 0 Å². The lowest BCUT2D eigenvalue weighted by Crippen LogP contribution is -2.39. The molecule has 1 aromatic carbocycles. The number of carbonyl (C=O) groups is 1. The zero-order valence-electron chi connectivity index (χ0n) is 10.9. The summed E-state index contributed by atoms with van der Waals surface area (Å²) in [6.45, 7) is 0.225. The Kier molecular flexibility index (Phi) is 4.09. The fourth-order valence-electron chi connectivity index (χ4n) is 2.16. The van der Waals surface area contributed by atoms with E-state index >= 15 is 0 Å². The average molecular weight is 324 g/mol. The van der Waals surface area contributed by atoms with Crippen LogP contribution in [0, 0.1) is 0 Å². The maximum absolute atomic E-state index is 13.1. The smallest absolute Gasteiger partial charge is 0.368 e. The third kappa shape index (κ3) is 3.60. The molecule has 0 aromatic heterocycles. The zero-order valence-corrected chi connectivity index (χ0v) is 11.7. The largest absolute Gasteiger partial charge is 0.418 e. The number of carbonyl (C=O) groups excluding carboxylic acids is 1. The van der Waals surface area contributed by atoms with Gasteiger partial charge in [0, 0.05) is 24.3 Å². The minimum absolute atomic E-state index is 0.0296. The number of amides is 1. The molecule has 21 heavy (non-hydrogen) atoms. The second-order valence-electron chi connectivity index (χ2n) is 4.79. The first-order valence-corrected chi connectivity index (χ1v) is 7.98. The molecule has 1 fully saturated rings. The first-order valence-electron chi connectivity index (χ1n) is 6.10. The van der Waals surface area contributed by atoms with Crippen LogP contribution in [0.4, 0.5) is 18.9 Å². The van der Waals surface area contributed by atoms with Crippen LogP contribution >= 0.6 is 10.6 Å². The Morgan fingerprint density at radius 1 is 1.24 bits per heavy atom. The van der Waals surface area contributed by atoms with Crippen LogP contribution in [0.1, 0.15) is 15.9 Å². The number of rotatable bonds is 2. The molecule has 4 N–H and O–H groups in total. The standard InChI is InChI=1S/C12H15F3N2O3S/c13-12(14,15)9-7-8(11(16)18)1-2-10(9)17-3-5-21(19,20)6-4-17/h1-2,7,19-20H,3-6H2,(H2,16,18). The molecule has 0 bridgehead atoms. The summed E-state index contributed by atoms with van der Waals surface area (Å²) >= 11 is 0. The summed E-state index contributed by atoms with van der Waals surface area (Å²) in [6, 6.07) is 3.16. The lowest BCUT2D eigenvalue weighted by Gasteiger charge is -2.42. The number of nitrogens with two attached hydrogens (primary N) is 1. The summed E-state index contributed by atoms with van der Waals surface area (Å²) in [5, 5.41) is 0. The average Bonchev–Trinajstić information content (AvgIpc) is 2.37. The van der Waals surface area contributed by atoms with Gasteiger partial charge >= 0.3 is 6.18 Å². The van der Waals surface area contributed by atoms with Crippen LogP contribution in [0.2, 0.25) is 0 Å². The normalized spacial score (nSPS) is 20.1. The van der Waals surface area contributed by atoms with Gasteiger partial charge in [0.2, 0.25) is 5.91 Å². The molecule has 1 amide bonds. The van der Waals surface area contributed by atoms with E-state index in [9.17, 15) is 27.1 Å². The number of benzene rings is 1. The van der Waals surface area contributed by atoms with Gasteiger partial charge in [0.15, 0.2) is 0 Å². The molecule has 1 aliphatic heterocycles. The monoisotopic (exact) mass is 324 g/mol. The fraction of sp³-hybridized carbons (Fsp3) is 0.417. The van der Waals surface area contributed by atoms with E-state index in [2.05, 4.69) is 0 Å². The Morgan fingerprint density at radius 2 is 1.81 bits per heavy atom. The lowest BCUT2D eigenvalue weighted by molar-refractivity contribution is -0.137. The number of alkyl halides is 3. The van der Waals surface area contributed by atoms with Crippen molar-refractivity contribution in [1.29, 1.82) is 0 Å². The molecule has 118 valence electrons. The van der Waals surface area contributed by atoms with Gasteiger partial charge in [-0.05, 0) is 18.2 Å². The number of primary amides is 1. The van der Waals surface area contributed by atoms with Crippen LogP contribution in [0.3, 0.4) is 0 Å². The van der Waals surface area contributed by atoms with Crippen LogP contribution in [-0.2, 0) is 6.18 Å². The lowest BCUT2D eigenvalue weighted by atomic mass is 10.1. The molecule has 0 radical (unpaired) electrons. The van der Waals surface area contributed by atoms with E-state index in [1.807, 2.05) is 0 Å². The molecule has 0 aliphatic carbocycles. The molecule has 0 saturated carbocycles. The maximum Gasteiger partial charge on any atom is 0.418 e. The van der Waals surface area contributed by atoms with Crippen molar-refractivity contribution < 1.29 is 27.1 Å². The highest BCUT2D eigenvalue weighted by atomic mass is 32.3. The zero-order chi connectivity index (χ0) is 15.8. The third-order valence-electron chi connectivity index (χ3n) is 3.30. The molecule has 1 aromatic rings. The predicted molar refractivity (Wildman–Crippen MR) is 74.8 cm³/mol. The van der Waals surface area contributed by atoms with Gasteiger partial charge in [0.1, 0.15) is 0 Å². The Balaban J connectivity index is 2.37. The van der Waals surface area contributed by atoms with Crippen molar-refractivity contribution in [2.45, 2.75) is 6.18 Å². The Bertz CT molecular complexity index is 553. The highest BCUT2D eigenvalue weighted by molar-refractivity contribution is 8.24. The van der Waals surface area contributed by atoms with Crippen molar-refractivity contribution in [3.63, 3.8) is 0 Å². The van der Waals surface area contributed by atoms with Gasteiger partial charge in [0.25, 0.3) is 0 Å². The summed E-state index contributed by atoms with van der Waals surface area (Å²) in [7, 11) is -2.69. The second kappa shape index (κ2) is 5.39. The van der Waals surface area contributed by atoms with Crippen molar-refractivity contribution in [2.24, 2.45) is 5.73 Å². The molecule has 2 rings (SSSR count). The van der Waals surface area contributed by atoms with E-state index in [1.165, 1.54) is 17.0 Å². The van der Waals surface area contributed by atoms with Gasteiger partial charge in [-0.3, -0.25) is 13.9 Å². The van der Waals surface area contributed by atoms with E-state index in [0.717, 1.165) is 6.07 Å². The predicted octanol–water partition coefficient (Wildman–Crippen LogP) is 2.37. The van der Waals surface area contributed by atoms with Crippen LogP contribution in [-0.4, -0.2) is 39.6 Å². The number of halogens is 3. The molecular weight excluding hydrogens is 309 g/mol. The first kappa shape index (κ1) is 15.9. The maximum atomic E-state index is 13.1. The van der Waals surface area contributed by atoms with Crippen molar-refractivity contribution in [1.82, 2.24) is 0 Å². The van der Waals surface area contributed by atoms with Crippen molar-refractivity contribution in [2.75, 3.05) is 29.5 Å². The molecular formula is C12H15F3N2O3S. The van der Waals surface area contributed by atoms with Crippen LogP contribution < -0.4 is 10.6 Å². The molecule has 0 atom stereocenters. The number of hydrogen-bond acceptors (Lipinski definition) is 4. The topological polar surface area (TPSA) is 86.8 Å². The van der Waals surface area contributed by atoms with E-state index in [1.54, 1.807) is 0 Å². The number of nitrogens with zero attached hydrogens (tertiary/aromatic N) is 1. The molecule has 1 aliphatic rings. The van der Waals surface area contributed by atoms with Crippen LogP contribution in [0.5, 0.6) is 0 Å². The van der Waals surface area contributed by atoms with Gasteiger partial charge < -0.3 is 10.6 Å². The second-order valence-corrected chi connectivity index (χ2v) is 7.21. The van der Waals surface area contributed by atoms with Gasteiger partial charge in [0.05, 0.1) is 17.1 Å². The quantitative estimate of drug-likeness (QED) is 0.779. The molecule has 0 unspecified atom stereocenters. The molecule has 1 heterocycles. The summed E-state index contributed by atoms with van der Waals surface area (Å²) < 4.78 is 58.4. The van der Waals surface area contributed by atoms with E-state index in [0.29, 0.717) is 0 Å². The molecule has 0 spiro atoms. The van der Waals surface area contributed by atoms with Crippen LogP contribution in [0.25, 0.3) is 0 Å². The third-order valence-corrected chi connectivity index (χ3v) is 4.98. The summed E-state index contributed by atoms with van der Waals surface area (Å²) in [6.07, 6.45) is -4.62. The van der Waals surface area contributed by atoms with Crippen LogP contribution in [0.15, 0.2) is 18.2 Å². The Morgan fingerprint density at radius 3 is 2.29 bits per heavy atom. The minimum Gasteiger partial charge on any atom is -0.368 e. The number of anilines is 1. The van der Waals surface area contributed by atoms with Crippen molar-refractivity contribution in [3.8, 4) is 0 Å². The number of hydrogen-bond donors (Lipinski definition) is 3. The van der Waals surface area contributed by atoms with Gasteiger partial charge in [-0.25, -0.2) is 0 Å². The highest BCUT2D eigenvalue weighted by Crippen LogP contribution is 2.43. The molecule has 5 nitrogen and oxygen atoms in total.